The number of nitrogens with one attached hydrogen (secondary N) is 1. The van der Waals surface area contributed by atoms with E-state index >= 15 is 0 Å². The molecule has 0 aliphatic heterocycles. The third kappa shape index (κ3) is 7.24. The third-order valence-electron chi connectivity index (χ3n) is 4.92. The molecule has 4 aromatic carbocycles. The van der Waals surface area contributed by atoms with Crippen LogP contribution in [0.4, 0.5) is 0 Å². The van der Waals surface area contributed by atoms with E-state index in [1.165, 1.54) is 4.90 Å². The zero-order valence-corrected chi connectivity index (χ0v) is 19.9. The van der Waals surface area contributed by atoms with Crippen LogP contribution in [-0.2, 0) is 12.4 Å². The van der Waals surface area contributed by atoms with Crippen LogP contribution < -0.4 is 10.2 Å². The molecule has 4 rings (SSSR count). The monoisotopic (exact) mass is 486 g/mol. The maximum Gasteiger partial charge on any atom is 0.271 e. The molecule has 1 N–H and O–H groups in total. The lowest BCUT2D eigenvalue weighted by molar-refractivity contribution is 0.0955. The van der Waals surface area contributed by atoms with Gasteiger partial charge in [-0.1, -0.05) is 54.1 Å². The smallest absolute Gasteiger partial charge is 0.271 e. The van der Waals surface area contributed by atoms with Crippen molar-refractivity contribution >= 4 is 35.5 Å². The summed E-state index contributed by atoms with van der Waals surface area (Å²) in [6.07, 6.45) is 1.60. The maximum absolute atomic E-state index is 12.4. The van der Waals surface area contributed by atoms with Crippen LogP contribution in [0.25, 0.3) is 0 Å². The van der Waals surface area contributed by atoms with Crippen molar-refractivity contribution in [1.82, 2.24) is 5.43 Å². The molecule has 0 radical (unpaired) electrons. The first kappa shape index (κ1) is 23.6. The summed E-state index contributed by atoms with van der Waals surface area (Å²) in [6.45, 7) is 0.438. The number of halogens is 1. The van der Waals surface area contributed by atoms with Gasteiger partial charge in [-0.3, -0.25) is 4.79 Å². The molecule has 0 fully saturated rings. The van der Waals surface area contributed by atoms with Crippen LogP contribution in [-0.4, -0.2) is 12.1 Å². The fourth-order valence-electron chi connectivity index (χ4n) is 3.11. The lowest BCUT2D eigenvalue weighted by Gasteiger charge is -2.07. The molecule has 1 amide bonds. The summed E-state index contributed by atoms with van der Waals surface area (Å²) in [7, 11) is 0. The molecule has 4 aromatic rings. The van der Waals surface area contributed by atoms with Crippen molar-refractivity contribution in [2.45, 2.75) is 17.3 Å². The van der Waals surface area contributed by atoms with Gasteiger partial charge in [0.05, 0.1) is 6.21 Å². The number of rotatable bonds is 9. The Kier molecular flexibility index (Phi) is 8.38. The second-order valence-electron chi connectivity index (χ2n) is 7.49. The minimum absolute atomic E-state index is 0.250. The molecule has 0 saturated carbocycles. The highest BCUT2D eigenvalue weighted by Gasteiger charge is 2.04. The van der Waals surface area contributed by atoms with E-state index in [-0.39, 0.29) is 5.91 Å². The van der Waals surface area contributed by atoms with Gasteiger partial charge in [-0.05, 0) is 77.4 Å². The summed E-state index contributed by atoms with van der Waals surface area (Å²) >= 11 is 7.76. The number of amides is 1. The number of hydrazone groups is 1. The predicted octanol–water partition coefficient (Wildman–Crippen LogP) is 6.98. The van der Waals surface area contributed by atoms with E-state index in [0.717, 1.165) is 28.2 Å². The van der Waals surface area contributed by atoms with Gasteiger partial charge in [0.25, 0.3) is 5.91 Å². The maximum atomic E-state index is 12.4. The van der Waals surface area contributed by atoms with Crippen LogP contribution in [0.1, 0.15) is 27.0 Å². The van der Waals surface area contributed by atoms with Crippen LogP contribution in [0.15, 0.2) is 113 Å². The number of benzene rings is 4. The van der Waals surface area contributed by atoms with E-state index in [0.29, 0.717) is 17.2 Å². The first-order chi connectivity index (χ1) is 16.7. The lowest BCUT2D eigenvalue weighted by Crippen LogP contribution is -2.17. The van der Waals surface area contributed by atoms with Crippen molar-refractivity contribution in [3.05, 3.63) is 130 Å². The Bertz CT molecular complexity index is 1240. The van der Waals surface area contributed by atoms with Crippen LogP contribution in [0, 0.1) is 0 Å². The first-order valence-electron chi connectivity index (χ1n) is 10.7. The molecular formula is C28H23ClN2O2S. The van der Waals surface area contributed by atoms with E-state index < -0.39 is 0 Å². The molecule has 0 atom stereocenters. The van der Waals surface area contributed by atoms with Crippen molar-refractivity contribution in [2.24, 2.45) is 5.10 Å². The number of carbonyl (C=O) groups is 1. The molecule has 0 saturated heterocycles. The second kappa shape index (κ2) is 12.1. The summed E-state index contributed by atoms with van der Waals surface area (Å²) in [5.74, 6) is 1.34. The van der Waals surface area contributed by atoms with Gasteiger partial charge in [0.1, 0.15) is 12.4 Å². The Hall–Kier alpha value is -3.54. The quantitative estimate of drug-likeness (QED) is 0.158. The van der Waals surface area contributed by atoms with Gasteiger partial charge in [0, 0.05) is 21.2 Å². The molecule has 0 aromatic heterocycles. The number of carbonyl (C=O) groups excluding carboxylic acids is 1. The van der Waals surface area contributed by atoms with Crippen molar-refractivity contribution in [3.63, 3.8) is 0 Å². The Balaban J connectivity index is 1.23. The molecule has 4 nitrogen and oxygen atoms in total. The van der Waals surface area contributed by atoms with Crippen LogP contribution in [0.3, 0.4) is 0 Å². The Morgan fingerprint density at radius 1 is 0.882 bits per heavy atom. The standard InChI is InChI=1S/C28H23ClN2O2S/c29-25-6-4-5-23(17-25)19-33-26-15-11-21(12-16-26)18-30-31-28(32)24-13-9-22(10-14-24)20-34-27-7-2-1-3-8-27/h1-18H,19-20H2,(H,31,32)/b30-18+. The summed E-state index contributed by atoms with van der Waals surface area (Å²) in [4.78, 5) is 13.6. The normalized spacial score (nSPS) is 10.9. The lowest BCUT2D eigenvalue weighted by atomic mass is 10.1. The van der Waals surface area contributed by atoms with Gasteiger partial charge in [0.15, 0.2) is 0 Å². The third-order valence-corrected chi connectivity index (χ3v) is 6.24. The average molecular weight is 487 g/mol. The minimum atomic E-state index is -0.250. The van der Waals surface area contributed by atoms with Gasteiger partial charge < -0.3 is 4.74 Å². The summed E-state index contributed by atoms with van der Waals surface area (Å²) in [5, 5.41) is 4.75. The van der Waals surface area contributed by atoms with E-state index in [4.69, 9.17) is 16.3 Å². The fourth-order valence-corrected chi connectivity index (χ4v) is 4.20. The molecule has 0 bridgehead atoms. The second-order valence-corrected chi connectivity index (χ2v) is 8.97. The number of hydrogen-bond donors (Lipinski definition) is 1. The van der Waals surface area contributed by atoms with Gasteiger partial charge in [0.2, 0.25) is 0 Å². The Morgan fingerprint density at radius 3 is 2.38 bits per heavy atom. The molecule has 0 unspecified atom stereocenters. The van der Waals surface area contributed by atoms with E-state index in [2.05, 4.69) is 22.7 Å². The largest absolute Gasteiger partial charge is 0.489 e. The van der Waals surface area contributed by atoms with Gasteiger partial charge in [-0.2, -0.15) is 5.10 Å². The molecule has 34 heavy (non-hydrogen) atoms. The van der Waals surface area contributed by atoms with Crippen molar-refractivity contribution < 1.29 is 9.53 Å². The molecule has 0 spiro atoms. The van der Waals surface area contributed by atoms with Crippen LogP contribution in [0.2, 0.25) is 5.02 Å². The fraction of sp³-hybridized carbons (Fsp3) is 0.0714. The van der Waals surface area contributed by atoms with Gasteiger partial charge >= 0.3 is 0 Å². The predicted molar refractivity (Wildman–Crippen MR) is 140 cm³/mol. The van der Waals surface area contributed by atoms with Gasteiger partial charge in [-0.15, -0.1) is 11.8 Å². The SMILES string of the molecule is O=C(N/N=C/c1ccc(OCc2cccc(Cl)c2)cc1)c1ccc(CSc2ccccc2)cc1. The average Bonchev–Trinajstić information content (AvgIpc) is 2.88. The van der Waals surface area contributed by atoms with Crippen molar-refractivity contribution in [3.8, 4) is 5.75 Å². The van der Waals surface area contributed by atoms with Crippen LogP contribution in [0.5, 0.6) is 5.75 Å². The zero-order chi connectivity index (χ0) is 23.6. The highest BCUT2D eigenvalue weighted by atomic mass is 35.5. The van der Waals surface area contributed by atoms with E-state index in [1.807, 2.05) is 91.0 Å². The first-order valence-corrected chi connectivity index (χ1v) is 12.1. The number of ether oxygens (including phenoxy) is 1. The van der Waals surface area contributed by atoms with Crippen molar-refractivity contribution in [2.75, 3.05) is 0 Å². The topological polar surface area (TPSA) is 50.7 Å². The van der Waals surface area contributed by atoms with E-state index in [9.17, 15) is 4.79 Å². The zero-order valence-electron chi connectivity index (χ0n) is 18.4. The molecule has 0 heterocycles. The highest BCUT2D eigenvalue weighted by Crippen LogP contribution is 2.22. The summed E-state index contributed by atoms with van der Waals surface area (Å²) in [6, 6.07) is 32.9. The van der Waals surface area contributed by atoms with Crippen LogP contribution >= 0.6 is 23.4 Å². The Morgan fingerprint density at radius 2 is 1.65 bits per heavy atom. The number of hydrogen-bond acceptors (Lipinski definition) is 4. The molecule has 6 heteroatoms. The summed E-state index contributed by atoms with van der Waals surface area (Å²) in [5.41, 5.74) is 6.15. The number of nitrogens with zero attached hydrogens (tertiary/aromatic N) is 1. The number of thioether (sulfide) groups is 1. The van der Waals surface area contributed by atoms with Crippen molar-refractivity contribution in [1.29, 1.82) is 0 Å². The van der Waals surface area contributed by atoms with E-state index in [1.54, 1.807) is 18.0 Å². The molecule has 0 aliphatic rings. The highest BCUT2D eigenvalue weighted by molar-refractivity contribution is 7.98. The van der Waals surface area contributed by atoms with Gasteiger partial charge in [-0.25, -0.2) is 5.43 Å². The Labute approximate surface area is 208 Å². The molecule has 170 valence electrons. The molecule has 0 aliphatic carbocycles. The summed E-state index contributed by atoms with van der Waals surface area (Å²) < 4.78 is 5.78. The molecular weight excluding hydrogens is 464 g/mol. The minimum Gasteiger partial charge on any atom is -0.489 e.